The Hall–Kier alpha value is -3.76. The van der Waals surface area contributed by atoms with Crippen LogP contribution in [0.3, 0.4) is 0 Å². The molecule has 0 aliphatic carbocycles. The van der Waals surface area contributed by atoms with Gasteiger partial charge < -0.3 is 9.80 Å². The highest BCUT2D eigenvalue weighted by Gasteiger charge is 2.28. The van der Waals surface area contributed by atoms with Crippen molar-refractivity contribution in [1.29, 1.82) is 5.26 Å². The highest BCUT2D eigenvalue weighted by molar-refractivity contribution is 5.99. The zero-order valence-corrected chi connectivity index (χ0v) is 22.2. The molecular weight excluding hydrogens is 477 g/mol. The second-order valence-corrected chi connectivity index (χ2v) is 10.4. The Balaban J connectivity index is 1.22. The van der Waals surface area contributed by atoms with Gasteiger partial charge in [-0.15, -0.1) is 0 Å². The van der Waals surface area contributed by atoms with Crippen LogP contribution in [0.1, 0.15) is 45.5 Å². The number of carbonyl (C=O) groups excluding carboxylic acids is 1. The van der Waals surface area contributed by atoms with Crippen LogP contribution >= 0.6 is 0 Å². The van der Waals surface area contributed by atoms with Crippen LogP contribution in [0, 0.1) is 36.9 Å². The number of piperazine rings is 1. The number of nitrogens with zero attached hydrogens (tertiary/aromatic N) is 5. The summed E-state index contributed by atoms with van der Waals surface area (Å²) in [6, 6.07) is 17.5. The first-order valence-corrected chi connectivity index (χ1v) is 13.4. The SMILES string of the molecule is Cc1cc(C)c(C(=O)C2CCN(c3ccc(F)cn3)CC2)cc1CN1CCN(c2ccccc2C#N)CC1. The average Bonchev–Trinajstić information content (AvgIpc) is 2.95. The molecule has 7 heteroatoms. The minimum absolute atomic E-state index is 0.00954. The van der Waals surface area contributed by atoms with Crippen LogP contribution in [0.15, 0.2) is 54.7 Å². The number of rotatable bonds is 6. The summed E-state index contributed by atoms with van der Waals surface area (Å²) in [6.07, 6.45) is 2.79. The molecule has 3 aromatic rings. The van der Waals surface area contributed by atoms with Gasteiger partial charge >= 0.3 is 0 Å². The Morgan fingerprint density at radius 1 is 0.974 bits per heavy atom. The van der Waals surface area contributed by atoms with E-state index in [0.29, 0.717) is 0 Å². The summed E-state index contributed by atoms with van der Waals surface area (Å²) in [5.41, 5.74) is 6.03. The molecule has 0 radical (unpaired) electrons. The first kappa shape index (κ1) is 25.9. The van der Waals surface area contributed by atoms with Crippen molar-refractivity contribution < 1.29 is 9.18 Å². The van der Waals surface area contributed by atoms with Crippen molar-refractivity contribution in [3.8, 4) is 6.07 Å². The molecule has 0 spiro atoms. The van der Waals surface area contributed by atoms with Gasteiger partial charge in [0.15, 0.2) is 5.78 Å². The molecule has 0 N–H and O–H groups in total. The normalized spacial score (nSPS) is 16.9. The van der Waals surface area contributed by atoms with Gasteiger partial charge in [0.1, 0.15) is 17.7 Å². The number of hydrogen-bond donors (Lipinski definition) is 0. The van der Waals surface area contributed by atoms with Crippen molar-refractivity contribution in [2.75, 3.05) is 49.1 Å². The minimum Gasteiger partial charge on any atom is -0.368 e. The molecule has 0 saturated carbocycles. The van der Waals surface area contributed by atoms with Crippen LogP contribution in [0.5, 0.6) is 0 Å². The number of para-hydroxylation sites is 1. The number of aromatic nitrogens is 1. The van der Waals surface area contributed by atoms with E-state index in [1.165, 1.54) is 23.4 Å². The van der Waals surface area contributed by atoms with Gasteiger partial charge in [0.05, 0.1) is 17.4 Å². The number of ketones is 1. The number of nitriles is 1. The van der Waals surface area contributed by atoms with Crippen molar-refractivity contribution in [2.45, 2.75) is 33.2 Å². The van der Waals surface area contributed by atoms with Gasteiger partial charge in [0.25, 0.3) is 0 Å². The molecule has 0 unspecified atom stereocenters. The predicted molar refractivity (Wildman–Crippen MR) is 148 cm³/mol. The van der Waals surface area contributed by atoms with Crippen molar-refractivity contribution in [3.05, 3.63) is 88.4 Å². The van der Waals surface area contributed by atoms with Crippen molar-refractivity contribution in [3.63, 3.8) is 0 Å². The highest BCUT2D eigenvalue weighted by Crippen LogP contribution is 2.28. The first-order valence-electron chi connectivity index (χ1n) is 13.4. The number of piperidine rings is 1. The van der Waals surface area contributed by atoms with Crippen LogP contribution in [-0.2, 0) is 6.54 Å². The monoisotopic (exact) mass is 511 g/mol. The van der Waals surface area contributed by atoms with Gasteiger partial charge in [-0.25, -0.2) is 9.37 Å². The Bertz CT molecular complexity index is 1330. The number of hydrogen-bond acceptors (Lipinski definition) is 6. The van der Waals surface area contributed by atoms with Crippen LogP contribution in [0.2, 0.25) is 0 Å². The molecule has 2 aromatic carbocycles. The molecule has 2 aliphatic rings. The fourth-order valence-electron chi connectivity index (χ4n) is 5.71. The zero-order chi connectivity index (χ0) is 26.6. The molecule has 0 amide bonds. The summed E-state index contributed by atoms with van der Waals surface area (Å²) in [6.45, 7) is 10.0. The number of Topliss-reactive ketones (excluding diaryl/α,β-unsaturated/α-hetero) is 1. The number of pyridine rings is 1. The third kappa shape index (κ3) is 5.56. The fourth-order valence-corrected chi connectivity index (χ4v) is 5.71. The quantitative estimate of drug-likeness (QED) is 0.428. The fraction of sp³-hybridized carbons (Fsp3) is 0.387. The second-order valence-electron chi connectivity index (χ2n) is 10.4. The molecule has 0 bridgehead atoms. The summed E-state index contributed by atoms with van der Waals surface area (Å²) in [5, 5.41) is 9.46. The van der Waals surface area contributed by atoms with Crippen LogP contribution in [0.4, 0.5) is 15.9 Å². The van der Waals surface area contributed by atoms with Crippen LogP contribution in [0.25, 0.3) is 0 Å². The summed E-state index contributed by atoms with van der Waals surface area (Å²) in [4.78, 5) is 24.6. The van der Waals surface area contributed by atoms with E-state index in [2.05, 4.69) is 44.8 Å². The van der Waals surface area contributed by atoms with Gasteiger partial charge in [-0.3, -0.25) is 9.69 Å². The topological polar surface area (TPSA) is 63.5 Å². The largest absolute Gasteiger partial charge is 0.368 e. The van der Waals surface area contributed by atoms with E-state index in [1.54, 1.807) is 6.07 Å². The molecule has 2 fully saturated rings. The summed E-state index contributed by atoms with van der Waals surface area (Å²) in [5.74, 6) is 0.649. The van der Waals surface area contributed by atoms with E-state index in [-0.39, 0.29) is 17.5 Å². The molecule has 3 heterocycles. The molecule has 0 atom stereocenters. The van der Waals surface area contributed by atoms with Crippen LogP contribution < -0.4 is 9.80 Å². The van der Waals surface area contributed by atoms with Crippen molar-refractivity contribution in [2.24, 2.45) is 5.92 Å². The molecule has 2 aliphatic heterocycles. The molecule has 6 nitrogen and oxygen atoms in total. The molecule has 38 heavy (non-hydrogen) atoms. The Labute approximate surface area is 224 Å². The van der Waals surface area contributed by atoms with E-state index >= 15 is 0 Å². The Kier molecular flexibility index (Phi) is 7.71. The lowest BCUT2D eigenvalue weighted by atomic mass is 9.86. The summed E-state index contributed by atoms with van der Waals surface area (Å²) in [7, 11) is 0. The number of benzene rings is 2. The molecule has 2 saturated heterocycles. The number of carbonyl (C=O) groups is 1. The summed E-state index contributed by atoms with van der Waals surface area (Å²) >= 11 is 0. The lowest BCUT2D eigenvalue weighted by molar-refractivity contribution is 0.0899. The predicted octanol–water partition coefficient (Wildman–Crippen LogP) is 5.13. The van der Waals surface area contributed by atoms with E-state index in [0.717, 1.165) is 86.9 Å². The van der Waals surface area contributed by atoms with Gasteiger partial charge in [-0.1, -0.05) is 18.2 Å². The molecule has 196 valence electrons. The van der Waals surface area contributed by atoms with Crippen molar-refractivity contribution >= 4 is 17.3 Å². The van der Waals surface area contributed by atoms with Gasteiger partial charge in [-0.2, -0.15) is 5.26 Å². The van der Waals surface area contributed by atoms with Crippen molar-refractivity contribution in [1.82, 2.24) is 9.88 Å². The maximum absolute atomic E-state index is 13.6. The standard InChI is InChI=1S/C31H34FN5O/c1-22-17-23(2)28(31(38)24-9-11-37(12-10-24)30-8-7-27(32)20-34-30)18-26(22)21-35-13-15-36(16-14-35)29-6-4-3-5-25(29)19-33/h3-8,17-18,20,24H,9-16,21H2,1-2H3. The zero-order valence-electron chi connectivity index (χ0n) is 22.2. The minimum atomic E-state index is -0.337. The first-order chi connectivity index (χ1) is 18.4. The van der Waals surface area contributed by atoms with Gasteiger partial charge in [0, 0.05) is 57.3 Å². The average molecular weight is 512 g/mol. The van der Waals surface area contributed by atoms with Gasteiger partial charge in [-0.05, 0) is 73.7 Å². The lowest BCUT2D eigenvalue weighted by Crippen LogP contribution is -2.46. The molecule has 5 rings (SSSR count). The highest BCUT2D eigenvalue weighted by atomic mass is 19.1. The van der Waals surface area contributed by atoms with Gasteiger partial charge in [0.2, 0.25) is 0 Å². The Morgan fingerprint density at radius 3 is 2.39 bits per heavy atom. The third-order valence-electron chi connectivity index (χ3n) is 7.98. The van der Waals surface area contributed by atoms with E-state index < -0.39 is 0 Å². The maximum atomic E-state index is 13.6. The smallest absolute Gasteiger partial charge is 0.166 e. The number of aryl methyl sites for hydroxylation is 2. The maximum Gasteiger partial charge on any atom is 0.166 e. The number of halogens is 1. The van der Waals surface area contributed by atoms with E-state index in [4.69, 9.17) is 0 Å². The van der Waals surface area contributed by atoms with E-state index in [1.807, 2.05) is 31.2 Å². The lowest BCUT2D eigenvalue weighted by Gasteiger charge is -2.36. The summed E-state index contributed by atoms with van der Waals surface area (Å²) < 4.78 is 13.2. The Morgan fingerprint density at radius 2 is 1.71 bits per heavy atom. The molecular formula is C31H34FN5O. The number of anilines is 2. The second kappa shape index (κ2) is 11.3. The molecule has 1 aromatic heterocycles. The van der Waals surface area contributed by atoms with E-state index in [9.17, 15) is 14.4 Å². The third-order valence-corrected chi connectivity index (χ3v) is 7.98. The van der Waals surface area contributed by atoms with Crippen LogP contribution in [-0.4, -0.2) is 54.9 Å².